The van der Waals surface area contributed by atoms with Crippen molar-refractivity contribution in [3.63, 3.8) is 0 Å². The van der Waals surface area contributed by atoms with Crippen LogP contribution in [0.3, 0.4) is 0 Å². The van der Waals surface area contributed by atoms with Crippen molar-refractivity contribution in [3.05, 3.63) is 34.5 Å². The molecule has 120 valence electrons. The van der Waals surface area contributed by atoms with E-state index in [-0.39, 0.29) is 17.7 Å². The summed E-state index contributed by atoms with van der Waals surface area (Å²) in [5.74, 6) is 0.192. The Hall–Kier alpha value is -2.25. The van der Waals surface area contributed by atoms with Gasteiger partial charge < -0.3 is 20.1 Å². The predicted octanol–water partition coefficient (Wildman–Crippen LogP) is 2.95. The molecule has 2 aromatic rings. The van der Waals surface area contributed by atoms with Gasteiger partial charge in [-0.1, -0.05) is 6.07 Å². The lowest BCUT2D eigenvalue weighted by atomic mass is 10.2. The Labute approximate surface area is 141 Å². The van der Waals surface area contributed by atoms with Gasteiger partial charge in [0.1, 0.15) is 19.1 Å². The monoisotopic (exact) mass is 352 g/mol. The summed E-state index contributed by atoms with van der Waals surface area (Å²) in [6, 6.07) is 6.75. The van der Waals surface area contributed by atoms with Gasteiger partial charge in [0.25, 0.3) is 5.91 Å². The van der Waals surface area contributed by atoms with Gasteiger partial charge in [-0.2, -0.15) is 0 Å². The second kappa shape index (κ2) is 6.89. The third-order valence-corrected chi connectivity index (χ3v) is 4.18. The van der Waals surface area contributed by atoms with Crippen molar-refractivity contribution in [2.45, 2.75) is 0 Å². The van der Waals surface area contributed by atoms with Crippen LogP contribution in [0.25, 0.3) is 0 Å². The maximum absolute atomic E-state index is 12.2. The number of benzene rings is 1. The first-order chi connectivity index (χ1) is 11.2. The maximum atomic E-state index is 12.2. The van der Waals surface area contributed by atoms with Crippen molar-refractivity contribution in [1.29, 1.82) is 0 Å². The first-order valence-corrected chi connectivity index (χ1v) is 8.23. The summed E-state index contributed by atoms with van der Waals surface area (Å²) in [6.45, 7) is 0.857. The van der Waals surface area contributed by atoms with Gasteiger partial charge in [0.2, 0.25) is 5.91 Å². The Kier molecular flexibility index (Phi) is 4.68. The summed E-state index contributed by atoms with van der Waals surface area (Å²) in [5.41, 5.74) is 0.830. The van der Waals surface area contributed by atoms with Crippen LogP contribution in [-0.2, 0) is 4.79 Å². The molecule has 0 bridgehead atoms. The van der Waals surface area contributed by atoms with E-state index in [2.05, 4.69) is 10.6 Å². The van der Waals surface area contributed by atoms with Crippen molar-refractivity contribution in [3.8, 4) is 11.5 Å². The highest BCUT2D eigenvalue weighted by Crippen LogP contribution is 2.38. The highest BCUT2D eigenvalue weighted by Gasteiger charge is 2.19. The smallest absolute Gasteiger partial charge is 0.265 e. The Morgan fingerprint density at radius 3 is 2.35 bits per heavy atom. The summed E-state index contributed by atoms with van der Waals surface area (Å²) in [5, 5.41) is 7.23. The number of ether oxygens (including phenoxy) is 2. The second-order valence-electron chi connectivity index (χ2n) is 4.65. The van der Waals surface area contributed by atoms with Gasteiger partial charge in [-0.3, -0.25) is 9.59 Å². The molecule has 0 atom stereocenters. The fourth-order valence-electron chi connectivity index (χ4n) is 2.07. The third-order valence-electron chi connectivity index (χ3n) is 3.07. The first-order valence-electron chi connectivity index (χ1n) is 6.81. The van der Waals surface area contributed by atoms with Gasteiger partial charge in [0.05, 0.1) is 16.3 Å². The largest absolute Gasteiger partial charge is 0.486 e. The molecule has 0 spiro atoms. The van der Waals surface area contributed by atoms with Crippen LogP contribution in [0, 0.1) is 0 Å². The molecular weight excluding hydrogens is 340 g/mol. The zero-order chi connectivity index (χ0) is 16.2. The number of thiophene rings is 1. The van der Waals surface area contributed by atoms with Crippen molar-refractivity contribution in [2.75, 3.05) is 29.7 Å². The minimum absolute atomic E-state index is 0.188. The summed E-state index contributed by atoms with van der Waals surface area (Å²) in [4.78, 5) is 24.4. The molecule has 0 unspecified atom stereocenters. The zero-order valence-corrected chi connectivity index (χ0v) is 13.5. The molecular formula is C15H13ClN2O4S. The lowest BCUT2D eigenvalue weighted by Crippen LogP contribution is -2.19. The van der Waals surface area contributed by atoms with E-state index in [0.29, 0.717) is 41.0 Å². The molecule has 0 aliphatic carbocycles. The van der Waals surface area contributed by atoms with Gasteiger partial charge in [-0.15, -0.1) is 22.9 Å². The van der Waals surface area contributed by atoms with Crippen molar-refractivity contribution < 1.29 is 19.1 Å². The number of hydrogen-bond donors (Lipinski definition) is 2. The minimum Gasteiger partial charge on any atom is -0.486 e. The lowest BCUT2D eigenvalue weighted by molar-refractivity contribution is -0.113. The summed E-state index contributed by atoms with van der Waals surface area (Å²) in [6.07, 6.45) is 0. The zero-order valence-electron chi connectivity index (χ0n) is 11.9. The number of rotatable bonds is 4. The molecule has 1 aromatic carbocycles. The first kappa shape index (κ1) is 15.6. The van der Waals surface area contributed by atoms with Gasteiger partial charge in [0, 0.05) is 12.1 Å². The van der Waals surface area contributed by atoms with E-state index in [9.17, 15) is 9.59 Å². The Morgan fingerprint density at radius 2 is 1.78 bits per heavy atom. The predicted molar refractivity (Wildman–Crippen MR) is 89.1 cm³/mol. The molecule has 6 nitrogen and oxygen atoms in total. The number of hydrogen-bond acceptors (Lipinski definition) is 5. The summed E-state index contributed by atoms with van der Waals surface area (Å²) < 4.78 is 11.0. The Morgan fingerprint density at radius 1 is 1.13 bits per heavy atom. The van der Waals surface area contributed by atoms with E-state index in [1.807, 2.05) is 5.38 Å². The number of alkyl halides is 1. The van der Waals surface area contributed by atoms with Gasteiger partial charge in [-0.25, -0.2) is 0 Å². The molecule has 2 amide bonds. The topological polar surface area (TPSA) is 76.7 Å². The van der Waals surface area contributed by atoms with Crippen LogP contribution in [0.2, 0.25) is 0 Å². The quantitative estimate of drug-likeness (QED) is 0.829. The molecule has 3 rings (SSSR count). The van der Waals surface area contributed by atoms with E-state index < -0.39 is 0 Å². The van der Waals surface area contributed by atoms with Crippen LogP contribution in [0.1, 0.15) is 9.67 Å². The number of anilines is 2. The number of carbonyl (C=O) groups is 2. The molecule has 1 aromatic heterocycles. The third kappa shape index (κ3) is 3.57. The van der Waals surface area contributed by atoms with Gasteiger partial charge in [0.15, 0.2) is 11.5 Å². The van der Waals surface area contributed by atoms with E-state index in [0.717, 1.165) is 0 Å². The summed E-state index contributed by atoms with van der Waals surface area (Å²) in [7, 11) is 0. The van der Waals surface area contributed by atoms with Crippen LogP contribution in [-0.4, -0.2) is 30.9 Å². The van der Waals surface area contributed by atoms with E-state index in [1.165, 1.54) is 11.3 Å². The molecule has 1 aliphatic rings. The normalized spacial score (nSPS) is 12.6. The molecule has 0 saturated heterocycles. The van der Waals surface area contributed by atoms with Gasteiger partial charge in [-0.05, 0) is 11.4 Å². The number of halogens is 1. The minimum atomic E-state index is -0.380. The molecule has 1 aliphatic heterocycles. The average molecular weight is 353 g/mol. The van der Waals surface area contributed by atoms with Gasteiger partial charge >= 0.3 is 0 Å². The number of nitrogens with one attached hydrogen (secondary N) is 2. The molecule has 0 fully saturated rings. The molecule has 0 radical (unpaired) electrons. The summed E-state index contributed by atoms with van der Waals surface area (Å²) >= 11 is 6.86. The lowest BCUT2D eigenvalue weighted by Gasteiger charge is -2.21. The molecule has 2 heterocycles. The Bertz CT molecular complexity index is 733. The maximum Gasteiger partial charge on any atom is 0.265 e. The number of amides is 2. The van der Waals surface area contributed by atoms with E-state index >= 15 is 0 Å². The number of fused-ring (bicyclic) bond motifs is 1. The highest BCUT2D eigenvalue weighted by molar-refractivity contribution is 7.12. The SMILES string of the molecule is O=C(CCl)Nc1cc2c(cc1NC(=O)c1cccs1)OCCO2. The standard InChI is InChI=1S/C15H13ClN2O4S/c16-8-14(19)17-9-6-11-12(22-4-3-21-11)7-10(9)18-15(20)13-2-1-5-23-13/h1-2,5-7H,3-4,8H2,(H,17,19)(H,18,20). The van der Waals surface area contributed by atoms with Crippen LogP contribution in [0.4, 0.5) is 11.4 Å². The van der Waals surface area contributed by atoms with Crippen LogP contribution < -0.4 is 20.1 Å². The van der Waals surface area contributed by atoms with Crippen molar-refractivity contribution in [1.82, 2.24) is 0 Å². The number of carbonyl (C=O) groups excluding carboxylic acids is 2. The molecule has 2 N–H and O–H groups in total. The fourth-order valence-corrected chi connectivity index (χ4v) is 2.76. The molecule has 0 saturated carbocycles. The fraction of sp³-hybridized carbons (Fsp3) is 0.200. The highest BCUT2D eigenvalue weighted by atomic mass is 35.5. The van der Waals surface area contributed by atoms with Crippen LogP contribution >= 0.6 is 22.9 Å². The Balaban J connectivity index is 1.92. The van der Waals surface area contributed by atoms with Crippen molar-refractivity contribution >= 4 is 46.1 Å². The van der Waals surface area contributed by atoms with Crippen LogP contribution in [0.5, 0.6) is 11.5 Å². The van der Waals surface area contributed by atoms with E-state index in [4.69, 9.17) is 21.1 Å². The molecule has 23 heavy (non-hydrogen) atoms. The van der Waals surface area contributed by atoms with E-state index in [1.54, 1.807) is 24.3 Å². The van der Waals surface area contributed by atoms with Crippen LogP contribution in [0.15, 0.2) is 29.6 Å². The van der Waals surface area contributed by atoms with Crippen molar-refractivity contribution in [2.24, 2.45) is 0 Å². The average Bonchev–Trinajstić information content (AvgIpc) is 3.09. The molecule has 8 heteroatoms. The second-order valence-corrected chi connectivity index (χ2v) is 5.87.